The second-order valence-corrected chi connectivity index (χ2v) is 7.50. The van der Waals surface area contributed by atoms with Gasteiger partial charge in [-0.05, 0) is 62.8 Å². The van der Waals surface area contributed by atoms with Crippen molar-refractivity contribution in [2.75, 3.05) is 26.2 Å². The fraction of sp³-hybridized carbons (Fsp3) is 0.429. The highest BCUT2D eigenvalue weighted by Crippen LogP contribution is 2.37. The van der Waals surface area contributed by atoms with Gasteiger partial charge >= 0.3 is 0 Å². The molecule has 0 fully saturated rings. The Balaban J connectivity index is 0.00000420. The number of hydrogen-bond acceptors (Lipinski definition) is 4. The molecule has 0 heterocycles. The summed E-state index contributed by atoms with van der Waals surface area (Å²) in [7, 11) is 0. The van der Waals surface area contributed by atoms with E-state index in [9.17, 15) is 0 Å². The Morgan fingerprint density at radius 2 is 1.60 bits per heavy atom. The molecule has 0 saturated carbocycles. The molecular weight excluding hydrogens is 490 g/mol. The number of hydrogen-bond donors (Lipinski definition) is 2. The van der Waals surface area contributed by atoms with E-state index in [1.807, 2.05) is 25.1 Å². The molecule has 0 atom stereocenters. The lowest BCUT2D eigenvalue weighted by atomic mass is 10.2. The van der Waals surface area contributed by atoms with Gasteiger partial charge in [-0.25, -0.2) is 0 Å². The van der Waals surface area contributed by atoms with Gasteiger partial charge in [0.2, 0.25) is 0 Å². The Labute approximate surface area is 206 Å². The molecule has 2 rings (SSSR count). The van der Waals surface area contributed by atoms with Crippen LogP contribution in [0.3, 0.4) is 0 Å². The molecule has 4 nitrogen and oxygen atoms in total. The number of halogens is 5. The van der Waals surface area contributed by atoms with Crippen molar-refractivity contribution in [2.45, 2.75) is 33.4 Å². The summed E-state index contributed by atoms with van der Waals surface area (Å²) < 4.78 is 11.7. The van der Waals surface area contributed by atoms with Crippen molar-refractivity contribution >= 4 is 59.6 Å². The molecule has 0 radical (unpaired) electrons. The molecule has 30 heavy (non-hydrogen) atoms. The van der Waals surface area contributed by atoms with Crippen LogP contribution in [0.15, 0.2) is 30.3 Å². The van der Waals surface area contributed by atoms with Crippen molar-refractivity contribution in [3.05, 3.63) is 56.5 Å². The summed E-state index contributed by atoms with van der Waals surface area (Å²) in [5, 5.41) is 8.39. The zero-order chi connectivity index (χ0) is 20.4. The topological polar surface area (TPSA) is 42.5 Å². The van der Waals surface area contributed by atoms with Gasteiger partial charge in [-0.3, -0.25) is 0 Å². The monoisotopic (exact) mass is 516 g/mol. The quantitative estimate of drug-likeness (QED) is 0.313. The van der Waals surface area contributed by atoms with Gasteiger partial charge in [0.1, 0.15) is 6.61 Å². The molecule has 0 aliphatic carbocycles. The van der Waals surface area contributed by atoms with Crippen LogP contribution in [0, 0.1) is 0 Å². The maximum absolute atomic E-state index is 6.49. The molecule has 0 bridgehead atoms. The Kier molecular flexibility index (Phi) is 15.8. The summed E-state index contributed by atoms with van der Waals surface area (Å²) in [5.41, 5.74) is 1.88. The number of nitrogens with one attached hydrogen (secondary N) is 2. The third kappa shape index (κ3) is 9.69. The van der Waals surface area contributed by atoms with E-state index >= 15 is 0 Å². The molecule has 170 valence electrons. The van der Waals surface area contributed by atoms with Gasteiger partial charge in [-0.15, -0.1) is 24.8 Å². The summed E-state index contributed by atoms with van der Waals surface area (Å²) in [5.74, 6) is 1.15. The van der Waals surface area contributed by atoms with Crippen molar-refractivity contribution in [1.29, 1.82) is 0 Å². The predicted molar refractivity (Wildman–Crippen MR) is 133 cm³/mol. The highest BCUT2D eigenvalue weighted by atomic mass is 35.5. The molecular formula is C21H29Cl5N2O2. The molecule has 0 saturated heterocycles. The van der Waals surface area contributed by atoms with E-state index in [-0.39, 0.29) is 31.4 Å². The van der Waals surface area contributed by atoms with Crippen molar-refractivity contribution in [3.8, 4) is 11.5 Å². The molecule has 2 N–H and O–H groups in total. The van der Waals surface area contributed by atoms with Gasteiger partial charge in [0.05, 0.1) is 11.6 Å². The summed E-state index contributed by atoms with van der Waals surface area (Å²) in [6.45, 7) is 8.49. The minimum atomic E-state index is 0. The number of benzene rings is 2. The first-order chi connectivity index (χ1) is 13.5. The van der Waals surface area contributed by atoms with Gasteiger partial charge in [0.15, 0.2) is 11.5 Å². The maximum atomic E-state index is 6.49. The van der Waals surface area contributed by atoms with E-state index in [4.69, 9.17) is 44.3 Å². The molecule has 2 aromatic carbocycles. The number of rotatable bonds is 12. The molecule has 0 spiro atoms. The highest BCUT2D eigenvalue weighted by molar-refractivity contribution is 6.35. The standard InChI is InChI=1S/C21H27Cl3N2O2.2ClH/c1-3-25-8-5-9-26-13-15-10-19(24)21(20(11-15)27-4-2)28-14-16-6-7-17(22)12-18(16)23;;/h6-7,10-12,25-26H,3-5,8-9,13-14H2,1-2H3;2*1H. The lowest BCUT2D eigenvalue weighted by molar-refractivity contribution is 0.269. The van der Waals surface area contributed by atoms with Crippen LogP contribution in [0.1, 0.15) is 31.4 Å². The first-order valence-electron chi connectivity index (χ1n) is 9.48. The molecule has 2 aromatic rings. The molecule has 0 amide bonds. The van der Waals surface area contributed by atoms with Gasteiger partial charge in [-0.1, -0.05) is 47.8 Å². The molecule has 0 unspecified atom stereocenters. The van der Waals surface area contributed by atoms with Crippen molar-refractivity contribution in [1.82, 2.24) is 10.6 Å². The van der Waals surface area contributed by atoms with Crippen LogP contribution in [0.5, 0.6) is 11.5 Å². The van der Waals surface area contributed by atoms with Crippen LogP contribution in [-0.2, 0) is 13.2 Å². The van der Waals surface area contributed by atoms with E-state index in [2.05, 4.69) is 17.6 Å². The third-order valence-electron chi connectivity index (χ3n) is 4.04. The predicted octanol–water partition coefficient (Wildman–Crippen LogP) is 6.56. The Morgan fingerprint density at radius 3 is 2.27 bits per heavy atom. The van der Waals surface area contributed by atoms with E-state index in [0.29, 0.717) is 33.2 Å². The van der Waals surface area contributed by atoms with E-state index in [1.54, 1.807) is 12.1 Å². The van der Waals surface area contributed by atoms with Crippen LogP contribution in [-0.4, -0.2) is 26.2 Å². The second-order valence-electron chi connectivity index (χ2n) is 6.25. The van der Waals surface area contributed by atoms with E-state index in [1.165, 1.54) is 0 Å². The lowest BCUT2D eigenvalue weighted by Crippen LogP contribution is -2.21. The van der Waals surface area contributed by atoms with Crippen LogP contribution in [0.2, 0.25) is 15.1 Å². The Morgan fingerprint density at radius 1 is 0.867 bits per heavy atom. The molecule has 0 aliphatic heterocycles. The first-order valence-corrected chi connectivity index (χ1v) is 10.6. The van der Waals surface area contributed by atoms with Gasteiger partial charge in [-0.2, -0.15) is 0 Å². The van der Waals surface area contributed by atoms with Crippen molar-refractivity contribution in [3.63, 3.8) is 0 Å². The SMILES string of the molecule is CCNCCCNCc1cc(Cl)c(OCc2ccc(Cl)cc2Cl)c(OCC)c1.Cl.Cl. The zero-order valence-electron chi connectivity index (χ0n) is 17.1. The molecule has 9 heteroatoms. The van der Waals surface area contributed by atoms with Gasteiger partial charge in [0.25, 0.3) is 0 Å². The summed E-state index contributed by atoms with van der Waals surface area (Å²) in [6, 6.07) is 9.18. The highest BCUT2D eigenvalue weighted by Gasteiger charge is 2.14. The first kappa shape index (κ1) is 29.4. The normalized spacial score (nSPS) is 10.2. The van der Waals surface area contributed by atoms with Crippen molar-refractivity contribution < 1.29 is 9.47 Å². The summed E-state index contributed by atoms with van der Waals surface area (Å²) >= 11 is 18.7. The lowest BCUT2D eigenvalue weighted by Gasteiger charge is -2.16. The zero-order valence-corrected chi connectivity index (χ0v) is 21.0. The largest absolute Gasteiger partial charge is 0.490 e. The number of ether oxygens (including phenoxy) is 2. The fourth-order valence-corrected chi connectivity index (χ4v) is 3.41. The minimum Gasteiger partial charge on any atom is -0.490 e. The third-order valence-corrected chi connectivity index (χ3v) is 4.91. The van der Waals surface area contributed by atoms with Crippen LogP contribution < -0.4 is 20.1 Å². The average molecular weight is 519 g/mol. The second kappa shape index (κ2) is 16.1. The summed E-state index contributed by atoms with van der Waals surface area (Å²) in [6.07, 6.45) is 1.07. The van der Waals surface area contributed by atoms with Gasteiger partial charge < -0.3 is 20.1 Å². The van der Waals surface area contributed by atoms with E-state index < -0.39 is 0 Å². The van der Waals surface area contributed by atoms with Crippen molar-refractivity contribution in [2.24, 2.45) is 0 Å². The molecule has 0 aliphatic rings. The van der Waals surface area contributed by atoms with Crippen LogP contribution >= 0.6 is 59.6 Å². The fourth-order valence-electron chi connectivity index (χ4n) is 2.66. The van der Waals surface area contributed by atoms with Crippen LogP contribution in [0.4, 0.5) is 0 Å². The Bertz CT molecular complexity index is 762. The smallest absolute Gasteiger partial charge is 0.180 e. The van der Waals surface area contributed by atoms with Gasteiger partial charge in [0, 0.05) is 22.2 Å². The van der Waals surface area contributed by atoms with Crippen LogP contribution in [0.25, 0.3) is 0 Å². The Hall–Kier alpha value is -0.590. The maximum Gasteiger partial charge on any atom is 0.180 e. The minimum absolute atomic E-state index is 0. The average Bonchev–Trinajstić information content (AvgIpc) is 2.65. The molecule has 0 aromatic heterocycles. The summed E-state index contributed by atoms with van der Waals surface area (Å²) in [4.78, 5) is 0. The van der Waals surface area contributed by atoms with E-state index in [0.717, 1.165) is 43.7 Å².